The number of hydrogen-bond acceptors (Lipinski definition) is 6. The number of fused-ring (bicyclic) bond motifs is 1. The molecule has 3 rings (SSSR count). The Kier molecular flexibility index (Phi) is 3.52. The van der Waals surface area contributed by atoms with E-state index in [2.05, 4.69) is 9.98 Å². The van der Waals surface area contributed by atoms with E-state index in [1.54, 1.807) is 36.1 Å². The minimum Gasteiger partial charge on any atom is -0.462 e. The van der Waals surface area contributed by atoms with Crippen LogP contribution in [0.1, 0.15) is 22.3 Å². The number of carbonyl (C=O) groups is 1. The van der Waals surface area contributed by atoms with Gasteiger partial charge < -0.3 is 4.74 Å². The number of thioether (sulfide) groups is 1. The van der Waals surface area contributed by atoms with Crippen LogP contribution in [0.25, 0.3) is 10.2 Å². The van der Waals surface area contributed by atoms with Gasteiger partial charge in [-0.15, -0.1) is 23.1 Å². The lowest BCUT2D eigenvalue weighted by atomic mass is 10.2. The van der Waals surface area contributed by atoms with Gasteiger partial charge in [-0.1, -0.05) is 0 Å². The molecule has 0 saturated carbocycles. The first-order valence-corrected chi connectivity index (χ1v) is 7.83. The maximum Gasteiger partial charge on any atom is 0.338 e. The van der Waals surface area contributed by atoms with Crippen molar-refractivity contribution in [2.45, 2.75) is 6.92 Å². The first kappa shape index (κ1) is 12.6. The molecule has 0 unspecified atom stereocenters. The van der Waals surface area contributed by atoms with Crippen LogP contribution in [0.5, 0.6) is 0 Å². The highest BCUT2D eigenvalue weighted by atomic mass is 32.2. The first-order valence-electron chi connectivity index (χ1n) is 6.03. The molecule has 0 N–H and O–H groups in total. The molecule has 0 bridgehead atoms. The van der Waals surface area contributed by atoms with E-state index >= 15 is 0 Å². The van der Waals surface area contributed by atoms with E-state index < -0.39 is 0 Å². The number of nitrogens with zero attached hydrogens (tertiary/aromatic N) is 2. The molecule has 4 nitrogen and oxygen atoms in total. The molecule has 0 aliphatic carbocycles. The standard InChI is InChI=1S/C13H12N2O2S2/c1-2-17-13(16)8-3-4-9-10(7-8)19-12(15-9)11-14-5-6-18-11/h3-4,7H,2,5-6H2,1H3. The van der Waals surface area contributed by atoms with E-state index in [0.717, 1.165) is 32.6 Å². The number of carbonyl (C=O) groups excluding carboxylic acids is 1. The maximum atomic E-state index is 11.7. The van der Waals surface area contributed by atoms with Crippen molar-refractivity contribution < 1.29 is 9.53 Å². The molecule has 0 saturated heterocycles. The Hall–Kier alpha value is -1.40. The van der Waals surface area contributed by atoms with Crippen LogP contribution < -0.4 is 0 Å². The van der Waals surface area contributed by atoms with E-state index in [1.165, 1.54) is 0 Å². The number of ether oxygens (including phenoxy) is 1. The third-order valence-electron chi connectivity index (χ3n) is 2.67. The van der Waals surface area contributed by atoms with Crippen LogP contribution in [0.3, 0.4) is 0 Å². The maximum absolute atomic E-state index is 11.7. The summed E-state index contributed by atoms with van der Waals surface area (Å²) in [6, 6.07) is 5.46. The molecule has 2 aromatic rings. The average Bonchev–Trinajstić information content (AvgIpc) is 3.07. The highest BCUT2D eigenvalue weighted by molar-refractivity contribution is 8.15. The molecule has 0 amide bonds. The van der Waals surface area contributed by atoms with E-state index in [9.17, 15) is 4.79 Å². The second kappa shape index (κ2) is 5.30. The van der Waals surface area contributed by atoms with Gasteiger partial charge in [0.05, 0.1) is 22.4 Å². The van der Waals surface area contributed by atoms with Crippen molar-refractivity contribution in [2.75, 3.05) is 18.9 Å². The highest BCUT2D eigenvalue weighted by Crippen LogP contribution is 2.28. The second-order valence-electron chi connectivity index (χ2n) is 3.96. The van der Waals surface area contributed by atoms with Gasteiger partial charge in [0.25, 0.3) is 0 Å². The molecule has 1 aliphatic rings. The summed E-state index contributed by atoms with van der Waals surface area (Å²) < 4.78 is 6.00. The van der Waals surface area contributed by atoms with Crippen molar-refractivity contribution in [1.82, 2.24) is 4.98 Å². The smallest absolute Gasteiger partial charge is 0.338 e. The summed E-state index contributed by atoms with van der Waals surface area (Å²) in [6.45, 7) is 3.05. The number of hydrogen-bond donors (Lipinski definition) is 0. The zero-order valence-electron chi connectivity index (χ0n) is 10.4. The number of aromatic nitrogens is 1. The van der Waals surface area contributed by atoms with Crippen LogP contribution >= 0.6 is 23.1 Å². The zero-order chi connectivity index (χ0) is 13.2. The quantitative estimate of drug-likeness (QED) is 0.816. The Labute approximate surface area is 118 Å². The second-order valence-corrected chi connectivity index (χ2v) is 6.07. The van der Waals surface area contributed by atoms with Crippen LogP contribution in [0.2, 0.25) is 0 Å². The van der Waals surface area contributed by atoms with Crippen LogP contribution in [0.15, 0.2) is 23.2 Å². The number of esters is 1. The molecule has 1 aromatic heterocycles. The van der Waals surface area contributed by atoms with Crippen molar-refractivity contribution in [2.24, 2.45) is 4.99 Å². The molecular formula is C13H12N2O2S2. The van der Waals surface area contributed by atoms with E-state index in [0.29, 0.717) is 12.2 Å². The largest absolute Gasteiger partial charge is 0.462 e. The Morgan fingerprint density at radius 3 is 3.11 bits per heavy atom. The monoisotopic (exact) mass is 292 g/mol. The third kappa shape index (κ3) is 2.50. The van der Waals surface area contributed by atoms with Crippen molar-refractivity contribution in [3.05, 3.63) is 28.8 Å². The molecule has 19 heavy (non-hydrogen) atoms. The lowest BCUT2D eigenvalue weighted by Crippen LogP contribution is -2.03. The van der Waals surface area contributed by atoms with E-state index in [-0.39, 0.29) is 5.97 Å². The van der Waals surface area contributed by atoms with Crippen LogP contribution in [0.4, 0.5) is 0 Å². The topological polar surface area (TPSA) is 51.5 Å². The molecule has 1 aromatic carbocycles. The van der Waals surface area contributed by atoms with Crippen molar-refractivity contribution >= 4 is 44.3 Å². The van der Waals surface area contributed by atoms with Gasteiger partial charge in [0.15, 0.2) is 0 Å². The average molecular weight is 292 g/mol. The Morgan fingerprint density at radius 2 is 2.37 bits per heavy atom. The summed E-state index contributed by atoms with van der Waals surface area (Å²) in [6.07, 6.45) is 0. The highest BCUT2D eigenvalue weighted by Gasteiger charge is 2.16. The Morgan fingerprint density at radius 1 is 1.47 bits per heavy atom. The van der Waals surface area contributed by atoms with Crippen LogP contribution in [-0.2, 0) is 4.74 Å². The normalized spacial score (nSPS) is 14.7. The summed E-state index contributed by atoms with van der Waals surface area (Å²) in [7, 11) is 0. The van der Waals surface area contributed by atoms with Gasteiger partial charge in [-0.3, -0.25) is 4.99 Å². The summed E-state index contributed by atoms with van der Waals surface area (Å²) in [5.74, 6) is 0.742. The lowest BCUT2D eigenvalue weighted by Gasteiger charge is -2.00. The van der Waals surface area contributed by atoms with Gasteiger partial charge in [0.2, 0.25) is 0 Å². The number of rotatable bonds is 3. The van der Waals surface area contributed by atoms with Crippen molar-refractivity contribution in [3.63, 3.8) is 0 Å². The first-order chi connectivity index (χ1) is 9.28. The molecule has 6 heteroatoms. The fourth-order valence-corrected chi connectivity index (χ4v) is 3.76. The van der Waals surface area contributed by atoms with Crippen LogP contribution in [-0.4, -0.2) is 34.9 Å². The van der Waals surface area contributed by atoms with Crippen LogP contribution in [0, 0.1) is 0 Å². The fourth-order valence-electron chi connectivity index (χ4n) is 1.82. The Balaban J connectivity index is 1.97. The van der Waals surface area contributed by atoms with E-state index in [1.807, 2.05) is 12.1 Å². The van der Waals surface area contributed by atoms with Crippen molar-refractivity contribution in [3.8, 4) is 0 Å². The molecule has 1 aliphatic heterocycles. The summed E-state index contributed by atoms with van der Waals surface area (Å²) in [5, 5.41) is 1.96. The number of aliphatic imine (C=N–C) groups is 1. The molecule has 2 heterocycles. The minimum absolute atomic E-state index is 0.285. The van der Waals surface area contributed by atoms with Gasteiger partial charge in [-0.05, 0) is 25.1 Å². The third-order valence-corrected chi connectivity index (χ3v) is 4.80. The number of benzene rings is 1. The predicted molar refractivity (Wildman–Crippen MR) is 79.4 cm³/mol. The molecule has 0 radical (unpaired) electrons. The van der Waals surface area contributed by atoms with Crippen molar-refractivity contribution in [1.29, 1.82) is 0 Å². The summed E-state index contributed by atoms with van der Waals surface area (Å²) in [4.78, 5) is 20.7. The number of thiazole rings is 1. The molecule has 0 spiro atoms. The molecule has 98 valence electrons. The fraction of sp³-hybridized carbons (Fsp3) is 0.308. The summed E-state index contributed by atoms with van der Waals surface area (Å²) >= 11 is 3.31. The minimum atomic E-state index is -0.285. The summed E-state index contributed by atoms with van der Waals surface area (Å²) in [5.41, 5.74) is 1.48. The van der Waals surface area contributed by atoms with Gasteiger partial charge in [0.1, 0.15) is 10.1 Å². The molecular weight excluding hydrogens is 280 g/mol. The van der Waals surface area contributed by atoms with E-state index in [4.69, 9.17) is 4.74 Å². The SMILES string of the molecule is CCOC(=O)c1ccc2nc(C3=NCCS3)sc2c1. The molecule has 0 fully saturated rings. The van der Waals surface area contributed by atoms with Gasteiger partial charge in [-0.2, -0.15) is 0 Å². The Bertz CT molecular complexity index is 664. The predicted octanol–water partition coefficient (Wildman–Crippen LogP) is 2.97. The zero-order valence-corrected chi connectivity index (χ0v) is 12.0. The van der Waals surface area contributed by atoms with Gasteiger partial charge >= 0.3 is 5.97 Å². The molecule has 0 atom stereocenters. The lowest BCUT2D eigenvalue weighted by molar-refractivity contribution is 0.0526. The van der Waals surface area contributed by atoms with Gasteiger partial charge in [-0.25, -0.2) is 9.78 Å². The van der Waals surface area contributed by atoms with Gasteiger partial charge in [0, 0.05) is 12.3 Å².